The van der Waals surface area contributed by atoms with E-state index in [9.17, 15) is 19.7 Å². The van der Waals surface area contributed by atoms with E-state index in [2.05, 4.69) is 10.6 Å². The minimum absolute atomic E-state index is 0.00679. The predicted octanol–water partition coefficient (Wildman–Crippen LogP) is 1.38. The van der Waals surface area contributed by atoms with Crippen LogP contribution in [0.1, 0.15) is 19.8 Å². The summed E-state index contributed by atoms with van der Waals surface area (Å²) in [4.78, 5) is 35.4. The van der Waals surface area contributed by atoms with Gasteiger partial charge in [-0.2, -0.15) is 0 Å². The number of carbonyl (C=O) groups is 2. The number of nitro benzene ring substituents is 1. The van der Waals surface area contributed by atoms with Gasteiger partial charge < -0.3 is 15.5 Å². The molecule has 0 spiro atoms. The number of hydrogen-bond acceptors (Lipinski definition) is 5. The third kappa shape index (κ3) is 4.94. The molecule has 2 amide bonds. The molecule has 0 saturated carbocycles. The molecule has 1 atom stereocenters. The summed E-state index contributed by atoms with van der Waals surface area (Å²) in [6.07, 6.45) is 1.64. The number of nitrogens with zero attached hydrogens (tertiary/aromatic N) is 2. The standard InChI is InChI=1S/C16H22N4O4/c1-12(21)19-10-2-3-13(11-19)16(22)18-9-8-17-14-4-6-15(7-5-14)20(23)24/h4-7,13,17H,2-3,8-11H2,1H3,(H,18,22)/t13-/m0/s1. The highest BCUT2D eigenvalue weighted by Crippen LogP contribution is 2.17. The largest absolute Gasteiger partial charge is 0.383 e. The van der Waals surface area contributed by atoms with Crippen LogP contribution in [0.2, 0.25) is 0 Å². The van der Waals surface area contributed by atoms with E-state index in [1.807, 2.05) is 0 Å². The Hall–Kier alpha value is -2.64. The Labute approximate surface area is 140 Å². The lowest BCUT2D eigenvalue weighted by atomic mass is 9.97. The lowest BCUT2D eigenvalue weighted by Crippen LogP contribution is -2.45. The first-order valence-corrected chi connectivity index (χ1v) is 7.99. The zero-order valence-corrected chi connectivity index (χ0v) is 13.7. The molecule has 1 fully saturated rings. The molecule has 130 valence electrons. The Morgan fingerprint density at radius 2 is 2.00 bits per heavy atom. The van der Waals surface area contributed by atoms with Crippen LogP contribution in [0, 0.1) is 16.0 Å². The maximum atomic E-state index is 12.1. The fraction of sp³-hybridized carbons (Fsp3) is 0.500. The average molecular weight is 334 g/mol. The van der Waals surface area contributed by atoms with Gasteiger partial charge in [-0.25, -0.2) is 0 Å². The second-order valence-electron chi connectivity index (χ2n) is 5.83. The van der Waals surface area contributed by atoms with Crippen LogP contribution in [0.5, 0.6) is 0 Å². The Morgan fingerprint density at radius 1 is 1.29 bits per heavy atom. The Bertz CT molecular complexity index is 603. The second-order valence-corrected chi connectivity index (χ2v) is 5.83. The summed E-state index contributed by atoms with van der Waals surface area (Å²) in [6, 6.07) is 6.12. The molecule has 24 heavy (non-hydrogen) atoms. The van der Waals surface area contributed by atoms with Crippen LogP contribution in [0.25, 0.3) is 0 Å². The van der Waals surface area contributed by atoms with Crippen LogP contribution < -0.4 is 10.6 Å². The van der Waals surface area contributed by atoms with E-state index in [1.165, 1.54) is 19.1 Å². The molecule has 2 rings (SSSR count). The average Bonchev–Trinajstić information content (AvgIpc) is 2.59. The van der Waals surface area contributed by atoms with E-state index in [1.54, 1.807) is 17.0 Å². The van der Waals surface area contributed by atoms with Crippen LogP contribution in [-0.2, 0) is 9.59 Å². The van der Waals surface area contributed by atoms with Gasteiger partial charge in [0.2, 0.25) is 11.8 Å². The molecule has 1 aliphatic rings. The number of likely N-dealkylation sites (tertiary alicyclic amines) is 1. The van der Waals surface area contributed by atoms with Crippen LogP contribution in [0.15, 0.2) is 24.3 Å². The van der Waals surface area contributed by atoms with Crippen LogP contribution >= 0.6 is 0 Å². The van der Waals surface area contributed by atoms with Crippen molar-refractivity contribution in [1.29, 1.82) is 0 Å². The monoisotopic (exact) mass is 334 g/mol. The van der Waals surface area contributed by atoms with Gasteiger partial charge in [-0.1, -0.05) is 0 Å². The minimum atomic E-state index is -0.446. The second kappa shape index (κ2) is 8.28. The molecule has 1 heterocycles. The molecular formula is C16H22N4O4. The zero-order valence-electron chi connectivity index (χ0n) is 13.7. The summed E-state index contributed by atoms with van der Waals surface area (Å²) >= 11 is 0. The molecule has 2 N–H and O–H groups in total. The molecule has 8 heteroatoms. The summed E-state index contributed by atoms with van der Waals surface area (Å²) < 4.78 is 0. The van der Waals surface area contributed by atoms with Crippen molar-refractivity contribution in [2.45, 2.75) is 19.8 Å². The summed E-state index contributed by atoms with van der Waals surface area (Å²) in [5.41, 5.74) is 0.802. The molecule has 0 aromatic heterocycles. The molecule has 0 aliphatic carbocycles. The first-order valence-electron chi connectivity index (χ1n) is 7.99. The third-order valence-electron chi connectivity index (χ3n) is 4.07. The number of nitrogens with one attached hydrogen (secondary N) is 2. The fourth-order valence-corrected chi connectivity index (χ4v) is 2.72. The molecule has 1 saturated heterocycles. The van der Waals surface area contributed by atoms with Crippen molar-refractivity contribution in [2.75, 3.05) is 31.5 Å². The van der Waals surface area contributed by atoms with Gasteiger partial charge in [0, 0.05) is 50.9 Å². The lowest BCUT2D eigenvalue weighted by Gasteiger charge is -2.31. The topological polar surface area (TPSA) is 105 Å². The lowest BCUT2D eigenvalue weighted by molar-refractivity contribution is -0.384. The van der Waals surface area contributed by atoms with Gasteiger partial charge >= 0.3 is 0 Å². The minimum Gasteiger partial charge on any atom is -0.383 e. The number of hydrogen-bond donors (Lipinski definition) is 2. The van der Waals surface area contributed by atoms with Crippen LogP contribution in [0.4, 0.5) is 11.4 Å². The number of benzene rings is 1. The first-order chi connectivity index (χ1) is 11.5. The van der Waals surface area contributed by atoms with Gasteiger partial charge in [0.05, 0.1) is 10.8 Å². The van der Waals surface area contributed by atoms with Crippen molar-refractivity contribution in [2.24, 2.45) is 5.92 Å². The van der Waals surface area contributed by atoms with Crippen molar-refractivity contribution in [1.82, 2.24) is 10.2 Å². The van der Waals surface area contributed by atoms with Gasteiger partial charge in [-0.15, -0.1) is 0 Å². The van der Waals surface area contributed by atoms with E-state index < -0.39 is 4.92 Å². The number of piperidine rings is 1. The maximum Gasteiger partial charge on any atom is 0.269 e. The van der Waals surface area contributed by atoms with E-state index >= 15 is 0 Å². The first kappa shape index (κ1) is 17.7. The molecule has 0 radical (unpaired) electrons. The normalized spacial score (nSPS) is 17.2. The molecule has 1 aromatic rings. The fourth-order valence-electron chi connectivity index (χ4n) is 2.72. The zero-order chi connectivity index (χ0) is 17.5. The van der Waals surface area contributed by atoms with Crippen LogP contribution in [-0.4, -0.2) is 47.8 Å². The van der Waals surface area contributed by atoms with E-state index in [-0.39, 0.29) is 23.4 Å². The van der Waals surface area contributed by atoms with Crippen molar-refractivity contribution >= 4 is 23.2 Å². The molecule has 8 nitrogen and oxygen atoms in total. The Balaban J connectivity index is 1.70. The highest BCUT2D eigenvalue weighted by Gasteiger charge is 2.26. The smallest absolute Gasteiger partial charge is 0.269 e. The molecular weight excluding hydrogens is 312 g/mol. The quantitative estimate of drug-likeness (QED) is 0.464. The third-order valence-corrected chi connectivity index (χ3v) is 4.07. The van der Waals surface area contributed by atoms with Crippen molar-refractivity contribution < 1.29 is 14.5 Å². The van der Waals surface area contributed by atoms with Crippen molar-refractivity contribution in [3.05, 3.63) is 34.4 Å². The number of carbonyl (C=O) groups excluding carboxylic acids is 2. The van der Waals surface area contributed by atoms with Gasteiger partial charge in [0.15, 0.2) is 0 Å². The molecule has 1 aromatic carbocycles. The molecule has 0 unspecified atom stereocenters. The highest BCUT2D eigenvalue weighted by molar-refractivity contribution is 5.80. The van der Waals surface area contributed by atoms with Gasteiger partial charge in [0.1, 0.15) is 0 Å². The Kier molecular flexibility index (Phi) is 6.11. The predicted molar refractivity (Wildman–Crippen MR) is 89.6 cm³/mol. The van der Waals surface area contributed by atoms with Gasteiger partial charge in [-0.05, 0) is 25.0 Å². The van der Waals surface area contributed by atoms with Crippen LogP contribution in [0.3, 0.4) is 0 Å². The SMILES string of the molecule is CC(=O)N1CCC[C@H](C(=O)NCCNc2ccc([N+](=O)[O-])cc2)C1. The van der Waals surface area contributed by atoms with Gasteiger partial charge in [0.25, 0.3) is 5.69 Å². The number of rotatable bonds is 6. The molecule has 1 aliphatic heterocycles. The van der Waals surface area contributed by atoms with Gasteiger partial charge in [-0.3, -0.25) is 19.7 Å². The number of non-ortho nitro benzene ring substituents is 1. The van der Waals surface area contributed by atoms with E-state index in [0.29, 0.717) is 19.6 Å². The van der Waals surface area contributed by atoms with Crippen molar-refractivity contribution in [3.63, 3.8) is 0 Å². The number of amides is 2. The summed E-state index contributed by atoms with van der Waals surface area (Å²) in [5.74, 6) is -0.180. The maximum absolute atomic E-state index is 12.1. The summed E-state index contributed by atoms with van der Waals surface area (Å²) in [5, 5.41) is 16.5. The summed E-state index contributed by atoms with van der Waals surface area (Å²) in [7, 11) is 0. The van der Waals surface area contributed by atoms with Crippen molar-refractivity contribution in [3.8, 4) is 0 Å². The highest BCUT2D eigenvalue weighted by atomic mass is 16.6. The Morgan fingerprint density at radius 3 is 2.62 bits per heavy atom. The molecule has 0 bridgehead atoms. The number of nitro groups is 1. The van der Waals surface area contributed by atoms with E-state index in [0.717, 1.165) is 25.1 Å². The van der Waals surface area contributed by atoms with E-state index in [4.69, 9.17) is 0 Å². The summed E-state index contributed by atoms with van der Waals surface area (Å²) in [6.45, 7) is 3.70. The number of anilines is 1.